The van der Waals surface area contributed by atoms with E-state index in [0.717, 1.165) is 12.8 Å². The standard InChI is InChI=1S/C24H39N3O5/c1-9-10-14-25-21(30)19(17-13-11-12-16(2)20(17)29)27(23(3,4)5)18(28)15-26-22(31)32-24(6,7)8/h11-13,19,29H,9-10,14-15H2,1-8H3,(H,25,30)(H,26,31). The summed E-state index contributed by atoms with van der Waals surface area (Å²) < 4.78 is 5.21. The summed E-state index contributed by atoms with van der Waals surface area (Å²) in [4.78, 5) is 40.0. The van der Waals surface area contributed by atoms with Gasteiger partial charge in [-0.25, -0.2) is 4.79 Å². The maximum Gasteiger partial charge on any atom is 0.408 e. The predicted octanol–water partition coefficient (Wildman–Crippen LogP) is 3.81. The van der Waals surface area contributed by atoms with Crippen LogP contribution in [0.15, 0.2) is 18.2 Å². The monoisotopic (exact) mass is 449 g/mol. The lowest BCUT2D eigenvalue weighted by Crippen LogP contribution is -2.55. The molecule has 3 amide bonds. The molecule has 0 heterocycles. The molecule has 0 bridgehead atoms. The van der Waals surface area contributed by atoms with Crippen molar-refractivity contribution in [2.45, 2.75) is 85.4 Å². The summed E-state index contributed by atoms with van der Waals surface area (Å²) in [5.74, 6) is -0.898. The van der Waals surface area contributed by atoms with Crippen molar-refractivity contribution in [3.05, 3.63) is 29.3 Å². The molecule has 0 aliphatic rings. The lowest BCUT2D eigenvalue weighted by atomic mass is 9.94. The topological polar surface area (TPSA) is 108 Å². The van der Waals surface area contributed by atoms with Crippen LogP contribution in [0.5, 0.6) is 5.75 Å². The average molecular weight is 450 g/mol. The van der Waals surface area contributed by atoms with E-state index in [9.17, 15) is 19.5 Å². The third-order valence-corrected chi connectivity index (χ3v) is 4.67. The smallest absolute Gasteiger partial charge is 0.408 e. The zero-order chi connectivity index (χ0) is 24.7. The van der Waals surface area contributed by atoms with Crippen molar-refractivity contribution >= 4 is 17.9 Å². The molecule has 32 heavy (non-hydrogen) atoms. The number of aryl methyl sites for hydroxylation is 1. The third kappa shape index (κ3) is 8.05. The Morgan fingerprint density at radius 2 is 1.72 bits per heavy atom. The Balaban J connectivity index is 3.31. The van der Waals surface area contributed by atoms with Crippen LogP contribution in [0.3, 0.4) is 0 Å². The number of aromatic hydroxyl groups is 1. The van der Waals surface area contributed by atoms with E-state index in [1.54, 1.807) is 66.7 Å². The number of phenolic OH excluding ortho intramolecular Hbond substituents is 1. The van der Waals surface area contributed by atoms with Crippen LogP contribution in [-0.4, -0.2) is 52.1 Å². The molecule has 1 aromatic rings. The number of nitrogens with one attached hydrogen (secondary N) is 2. The molecule has 0 spiro atoms. The number of carbonyl (C=O) groups is 3. The molecule has 8 nitrogen and oxygen atoms in total. The molecule has 0 aliphatic heterocycles. The Morgan fingerprint density at radius 1 is 1.09 bits per heavy atom. The number of benzene rings is 1. The molecule has 0 saturated carbocycles. The lowest BCUT2D eigenvalue weighted by Gasteiger charge is -2.41. The minimum Gasteiger partial charge on any atom is -0.507 e. The number of para-hydroxylation sites is 1. The Labute approximate surface area is 191 Å². The van der Waals surface area contributed by atoms with Crippen LogP contribution in [-0.2, 0) is 14.3 Å². The van der Waals surface area contributed by atoms with Crippen molar-refractivity contribution in [2.24, 2.45) is 0 Å². The maximum absolute atomic E-state index is 13.3. The summed E-state index contributed by atoms with van der Waals surface area (Å²) in [6.07, 6.45) is 0.978. The van der Waals surface area contributed by atoms with Gasteiger partial charge in [-0.2, -0.15) is 0 Å². The van der Waals surface area contributed by atoms with Crippen LogP contribution in [0.2, 0.25) is 0 Å². The number of hydrogen-bond donors (Lipinski definition) is 3. The van der Waals surface area contributed by atoms with Crippen molar-refractivity contribution < 1.29 is 24.2 Å². The zero-order valence-electron chi connectivity index (χ0n) is 20.7. The van der Waals surface area contributed by atoms with Crippen LogP contribution in [0.1, 0.15) is 78.5 Å². The highest BCUT2D eigenvalue weighted by Crippen LogP contribution is 2.35. The average Bonchev–Trinajstić information content (AvgIpc) is 2.64. The highest BCUT2D eigenvalue weighted by molar-refractivity contribution is 5.91. The molecule has 1 rings (SSSR count). The number of carbonyl (C=O) groups excluding carboxylic acids is 3. The van der Waals surface area contributed by atoms with Gasteiger partial charge in [0.15, 0.2) is 0 Å². The first-order chi connectivity index (χ1) is 14.7. The van der Waals surface area contributed by atoms with Gasteiger partial charge in [0.05, 0.1) is 0 Å². The molecule has 0 aromatic heterocycles. The van der Waals surface area contributed by atoms with Gasteiger partial charge in [-0.05, 0) is 60.5 Å². The van der Waals surface area contributed by atoms with Gasteiger partial charge in [0.2, 0.25) is 11.8 Å². The van der Waals surface area contributed by atoms with Gasteiger partial charge >= 0.3 is 6.09 Å². The Bertz CT molecular complexity index is 809. The lowest BCUT2D eigenvalue weighted by molar-refractivity contribution is -0.146. The normalized spacial score (nSPS) is 12.6. The largest absolute Gasteiger partial charge is 0.507 e. The van der Waals surface area contributed by atoms with Crippen molar-refractivity contribution in [1.29, 1.82) is 0 Å². The van der Waals surface area contributed by atoms with Crippen LogP contribution in [0.4, 0.5) is 4.79 Å². The maximum atomic E-state index is 13.3. The van der Waals surface area contributed by atoms with E-state index in [1.165, 1.54) is 4.90 Å². The van der Waals surface area contributed by atoms with Crippen LogP contribution >= 0.6 is 0 Å². The van der Waals surface area contributed by atoms with Gasteiger partial charge in [0.1, 0.15) is 23.9 Å². The molecule has 3 N–H and O–H groups in total. The van der Waals surface area contributed by atoms with E-state index in [-0.39, 0.29) is 18.2 Å². The SMILES string of the molecule is CCCCNC(=O)C(c1cccc(C)c1O)N(C(=O)CNC(=O)OC(C)(C)C)C(C)(C)C. The van der Waals surface area contributed by atoms with E-state index in [4.69, 9.17) is 4.74 Å². The number of unbranched alkanes of at least 4 members (excludes halogenated alkanes) is 1. The molecule has 1 atom stereocenters. The molecule has 0 saturated heterocycles. The Kier molecular flexibility index (Phi) is 9.54. The van der Waals surface area contributed by atoms with Gasteiger partial charge < -0.3 is 25.4 Å². The van der Waals surface area contributed by atoms with Gasteiger partial charge in [0.25, 0.3) is 0 Å². The molecule has 0 radical (unpaired) electrons. The molecule has 1 unspecified atom stereocenters. The van der Waals surface area contributed by atoms with Gasteiger partial charge in [-0.15, -0.1) is 0 Å². The van der Waals surface area contributed by atoms with Crippen LogP contribution < -0.4 is 10.6 Å². The number of nitrogens with zero attached hydrogens (tertiary/aromatic N) is 1. The minimum atomic E-state index is -1.07. The van der Waals surface area contributed by atoms with Crippen molar-refractivity contribution in [3.8, 4) is 5.75 Å². The molecule has 8 heteroatoms. The highest BCUT2D eigenvalue weighted by atomic mass is 16.6. The zero-order valence-corrected chi connectivity index (χ0v) is 20.7. The second kappa shape index (κ2) is 11.2. The molecule has 0 aliphatic carbocycles. The minimum absolute atomic E-state index is 0.0368. The van der Waals surface area contributed by atoms with E-state index in [2.05, 4.69) is 10.6 Å². The van der Waals surface area contributed by atoms with Gasteiger partial charge in [0, 0.05) is 17.6 Å². The second-order valence-corrected chi connectivity index (χ2v) is 9.85. The fourth-order valence-electron chi connectivity index (χ4n) is 3.24. The van der Waals surface area contributed by atoms with E-state index in [1.807, 2.05) is 6.92 Å². The first-order valence-corrected chi connectivity index (χ1v) is 11.0. The molecule has 0 fully saturated rings. The van der Waals surface area contributed by atoms with E-state index in [0.29, 0.717) is 17.7 Å². The van der Waals surface area contributed by atoms with Crippen molar-refractivity contribution in [1.82, 2.24) is 15.5 Å². The number of alkyl carbamates (subject to hydrolysis) is 1. The first-order valence-electron chi connectivity index (χ1n) is 11.0. The predicted molar refractivity (Wildman–Crippen MR) is 124 cm³/mol. The number of hydrogen-bond acceptors (Lipinski definition) is 5. The second-order valence-electron chi connectivity index (χ2n) is 9.85. The third-order valence-electron chi connectivity index (χ3n) is 4.67. The quantitative estimate of drug-likeness (QED) is 0.523. The fraction of sp³-hybridized carbons (Fsp3) is 0.625. The Hall–Kier alpha value is -2.77. The first kappa shape index (κ1) is 27.3. The summed E-state index contributed by atoms with van der Waals surface area (Å²) in [6.45, 7) is 14.5. The van der Waals surface area contributed by atoms with Gasteiger partial charge in [-0.3, -0.25) is 9.59 Å². The van der Waals surface area contributed by atoms with Crippen LogP contribution in [0, 0.1) is 6.92 Å². The summed E-state index contributed by atoms with van der Waals surface area (Å²) in [5.41, 5.74) is -0.553. The number of phenols is 1. The summed E-state index contributed by atoms with van der Waals surface area (Å²) in [7, 11) is 0. The number of rotatable bonds is 8. The molecular formula is C24H39N3O5. The van der Waals surface area contributed by atoms with Crippen molar-refractivity contribution in [3.63, 3.8) is 0 Å². The highest BCUT2D eigenvalue weighted by Gasteiger charge is 2.39. The fourth-order valence-corrected chi connectivity index (χ4v) is 3.24. The molecular weight excluding hydrogens is 410 g/mol. The summed E-state index contributed by atoms with van der Waals surface area (Å²) >= 11 is 0. The number of amides is 3. The van der Waals surface area contributed by atoms with Gasteiger partial charge in [-0.1, -0.05) is 31.5 Å². The van der Waals surface area contributed by atoms with Crippen LogP contribution in [0.25, 0.3) is 0 Å². The molecule has 180 valence electrons. The van der Waals surface area contributed by atoms with E-state index >= 15 is 0 Å². The summed E-state index contributed by atoms with van der Waals surface area (Å²) in [6, 6.07) is 4.04. The molecule has 1 aromatic carbocycles. The Morgan fingerprint density at radius 3 is 2.25 bits per heavy atom. The summed E-state index contributed by atoms with van der Waals surface area (Å²) in [5, 5.41) is 16.1. The van der Waals surface area contributed by atoms with E-state index < -0.39 is 29.2 Å². The van der Waals surface area contributed by atoms with Crippen molar-refractivity contribution in [2.75, 3.05) is 13.1 Å². The number of ether oxygens (including phenoxy) is 1.